The second-order valence-corrected chi connectivity index (χ2v) is 12.0. The number of carbonyl (C=O) groups is 2. The number of hydrogen-bond donors (Lipinski definition) is 2. The van der Waals surface area contributed by atoms with Gasteiger partial charge in [0.2, 0.25) is 11.9 Å². The Kier molecular flexibility index (Phi) is 8.30. The number of amides is 3. The second kappa shape index (κ2) is 12.3. The van der Waals surface area contributed by atoms with Gasteiger partial charge >= 0.3 is 6.03 Å². The quantitative estimate of drug-likeness (QED) is 0.345. The average Bonchev–Trinajstić information content (AvgIpc) is 3.68. The molecule has 1 aliphatic heterocycles. The van der Waals surface area contributed by atoms with Gasteiger partial charge < -0.3 is 20.1 Å². The van der Waals surface area contributed by atoms with Crippen LogP contribution in [0.1, 0.15) is 37.7 Å². The number of urea groups is 1. The summed E-state index contributed by atoms with van der Waals surface area (Å²) in [5.74, 6) is 3.02. The third-order valence-corrected chi connectivity index (χ3v) is 9.19. The van der Waals surface area contributed by atoms with Crippen LogP contribution < -0.4 is 29.9 Å². The molecule has 0 bridgehead atoms. The molecule has 226 valence electrons. The molecule has 0 spiro atoms. The van der Waals surface area contributed by atoms with Crippen LogP contribution in [0, 0.1) is 17.8 Å². The van der Waals surface area contributed by atoms with Gasteiger partial charge in [0.05, 0.1) is 26.5 Å². The Bertz CT molecular complexity index is 1460. The van der Waals surface area contributed by atoms with Gasteiger partial charge in [-0.1, -0.05) is 42.5 Å². The molecular weight excluding hydrogens is 568 g/mol. The Hall–Kier alpha value is -4.05. The lowest BCUT2D eigenvalue weighted by molar-refractivity contribution is -0.117. The first-order valence-corrected chi connectivity index (χ1v) is 15.2. The lowest BCUT2D eigenvalue weighted by Crippen LogP contribution is -2.51. The van der Waals surface area contributed by atoms with Crippen LogP contribution in [-0.4, -0.2) is 54.8 Å². The molecule has 2 fully saturated rings. The number of benzene rings is 1. The summed E-state index contributed by atoms with van der Waals surface area (Å²) >= 11 is 6.70. The summed E-state index contributed by atoms with van der Waals surface area (Å²) < 4.78 is 10.9. The Morgan fingerprint density at radius 2 is 1.93 bits per heavy atom. The van der Waals surface area contributed by atoms with E-state index in [1.165, 1.54) is 13.2 Å². The average molecular weight is 605 g/mol. The predicted molar refractivity (Wildman–Crippen MR) is 167 cm³/mol. The maximum Gasteiger partial charge on any atom is 0.330 e. The molecule has 2 heterocycles. The van der Waals surface area contributed by atoms with Crippen molar-refractivity contribution in [1.29, 1.82) is 0 Å². The van der Waals surface area contributed by atoms with Crippen molar-refractivity contribution in [1.82, 2.24) is 15.3 Å². The SMILES string of the molecule is C=CC(=O)NC1CCC(C2C=CC=C2)CC1Nc1ncc2c(n1)N(CC1CC1)C(=O)N(c1cc(OC)cc(OC)c1Cl)C2. The fourth-order valence-corrected chi connectivity index (χ4v) is 6.56. The predicted octanol–water partition coefficient (Wildman–Crippen LogP) is 5.50. The van der Waals surface area contributed by atoms with Crippen molar-refractivity contribution in [2.75, 3.05) is 35.9 Å². The lowest BCUT2D eigenvalue weighted by atomic mass is 9.76. The van der Waals surface area contributed by atoms with Crippen molar-refractivity contribution in [2.24, 2.45) is 17.8 Å². The van der Waals surface area contributed by atoms with E-state index in [1.54, 1.807) is 35.2 Å². The zero-order valence-electron chi connectivity index (χ0n) is 24.5. The van der Waals surface area contributed by atoms with Gasteiger partial charge in [-0.15, -0.1) is 0 Å². The standard InChI is InChI=1S/C32H37ClN6O4/c1-4-28(40)35-24-12-11-21(20-7-5-6-8-20)13-25(24)36-31-34-16-22-18-38(26-14-23(42-2)15-27(43-3)29(26)33)32(41)39(30(22)37-31)17-19-9-10-19/h4-8,14-16,19-21,24-25H,1,9-13,17-18H2,2-3H3,(H,35,40)(H,34,36,37). The van der Waals surface area contributed by atoms with E-state index in [1.807, 2.05) is 0 Å². The molecule has 1 aromatic heterocycles. The Balaban J connectivity index is 1.30. The molecule has 3 aliphatic carbocycles. The molecule has 0 saturated heterocycles. The molecule has 2 saturated carbocycles. The van der Waals surface area contributed by atoms with Crippen LogP contribution in [0.4, 0.5) is 22.2 Å². The van der Waals surface area contributed by atoms with Gasteiger partial charge in [0.15, 0.2) is 0 Å². The highest BCUT2D eigenvalue weighted by atomic mass is 35.5. The minimum Gasteiger partial charge on any atom is -0.497 e. The molecule has 2 aromatic rings. The summed E-state index contributed by atoms with van der Waals surface area (Å²) in [6.45, 7) is 4.42. The van der Waals surface area contributed by atoms with Gasteiger partial charge in [0, 0.05) is 42.5 Å². The summed E-state index contributed by atoms with van der Waals surface area (Å²) in [5, 5.41) is 6.95. The van der Waals surface area contributed by atoms with Gasteiger partial charge in [0.1, 0.15) is 22.3 Å². The largest absolute Gasteiger partial charge is 0.497 e. The molecule has 3 atom stereocenters. The van der Waals surface area contributed by atoms with Crippen molar-refractivity contribution >= 4 is 41.0 Å². The molecule has 11 heteroatoms. The zero-order valence-corrected chi connectivity index (χ0v) is 25.2. The van der Waals surface area contributed by atoms with E-state index in [0.717, 1.165) is 37.7 Å². The lowest BCUT2D eigenvalue weighted by Gasteiger charge is -2.39. The first kappa shape index (κ1) is 29.0. The minimum atomic E-state index is -0.213. The van der Waals surface area contributed by atoms with E-state index < -0.39 is 0 Å². The number of nitrogens with zero attached hydrogens (tertiary/aromatic N) is 4. The number of hydrogen-bond acceptors (Lipinski definition) is 7. The number of aromatic nitrogens is 2. The van der Waals surface area contributed by atoms with E-state index in [4.69, 9.17) is 26.1 Å². The number of carbonyl (C=O) groups excluding carboxylic acids is 2. The van der Waals surface area contributed by atoms with Crippen molar-refractivity contribution in [3.05, 3.63) is 65.9 Å². The minimum absolute atomic E-state index is 0.0844. The van der Waals surface area contributed by atoms with Gasteiger partial charge in [-0.05, 0) is 55.9 Å². The van der Waals surface area contributed by atoms with Crippen LogP contribution in [-0.2, 0) is 11.3 Å². The summed E-state index contributed by atoms with van der Waals surface area (Å²) in [6, 6.07) is 3.04. The number of anilines is 3. The molecule has 6 rings (SSSR count). The molecule has 3 unspecified atom stereocenters. The number of methoxy groups -OCH3 is 2. The fraction of sp³-hybridized carbons (Fsp3) is 0.438. The summed E-state index contributed by atoms with van der Waals surface area (Å²) in [4.78, 5) is 39.3. The molecule has 10 nitrogen and oxygen atoms in total. The first-order chi connectivity index (χ1) is 20.9. The van der Waals surface area contributed by atoms with E-state index in [-0.39, 0.29) is 30.6 Å². The number of halogens is 1. The maximum atomic E-state index is 14.1. The normalized spacial score (nSPS) is 23.2. The van der Waals surface area contributed by atoms with Crippen molar-refractivity contribution < 1.29 is 19.1 Å². The van der Waals surface area contributed by atoms with Crippen LogP contribution in [0.3, 0.4) is 0 Å². The highest BCUT2D eigenvalue weighted by Crippen LogP contribution is 2.43. The highest BCUT2D eigenvalue weighted by Gasteiger charge is 2.39. The van der Waals surface area contributed by atoms with E-state index in [0.29, 0.717) is 58.3 Å². The van der Waals surface area contributed by atoms with Gasteiger partial charge in [-0.3, -0.25) is 14.6 Å². The molecule has 1 aromatic carbocycles. The summed E-state index contributed by atoms with van der Waals surface area (Å²) in [5.41, 5.74) is 1.31. The van der Waals surface area contributed by atoms with Crippen LogP contribution in [0.2, 0.25) is 5.02 Å². The molecule has 4 aliphatic rings. The molecule has 3 amide bonds. The number of nitrogens with one attached hydrogen (secondary N) is 2. The third-order valence-electron chi connectivity index (χ3n) is 8.81. The monoisotopic (exact) mass is 604 g/mol. The van der Waals surface area contributed by atoms with Gasteiger partial charge in [0.25, 0.3) is 0 Å². The number of allylic oxidation sites excluding steroid dienone is 4. The number of rotatable bonds is 10. The van der Waals surface area contributed by atoms with Crippen LogP contribution in [0.15, 0.2) is 55.3 Å². The number of ether oxygens (including phenoxy) is 2. The molecule has 2 N–H and O–H groups in total. The molecule has 0 radical (unpaired) electrons. The van der Waals surface area contributed by atoms with E-state index in [9.17, 15) is 9.59 Å². The van der Waals surface area contributed by atoms with E-state index >= 15 is 0 Å². The Labute approximate surface area is 256 Å². The number of fused-ring (bicyclic) bond motifs is 1. The maximum absolute atomic E-state index is 14.1. The van der Waals surface area contributed by atoms with Crippen LogP contribution >= 0.6 is 11.6 Å². The van der Waals surface area contributed by atoms with E-state index in [2.05, 4.69) is 46.5 Å². The molecule has 43 heavy (non-hydrogen) atoms. The Morgan fingerprint density at radius 1 is 1.14 bits per heavy atom. The van der Waals surface area contributed by atoms with Crippen LogP contribution in [0.5, 0.6) is 11.5 Å². The summed E-state index contributed by atoms with van der Waals surface area (Å²) in [7, 11) is 3.09. The third kappa shape index (κ3) is 6.06. The zero-order chi connectivity index (χ0) is 30.1. The Morgan fingerprint density at radius 3 is 2.63 bits per heavy atom. The topological polar surface area (TPSA) is 109 Å². The van der Waals surface area contributed by atoms with Crippen molar-refractivity contribution in [3.8, 4) is 11.5 Å². The smallest absolute Gasteiger partial charge is 0.330 e. The van der Waals surface area contributed by atoms with Crippen molar-refractivity contribution in [2.45, 2.75) is 50.7 Å². The van der Waals surface area contributed by atoms with Gasteiger partial charge in [-0.25, -0.2) is 9.78 Å². The molecular formula is C32H37ClN6O4. The highest BCUT2D eigenvalue weighted by molar-refractivity contribution is 6.35. The first-order valence-electron chi connectivity index (χ1n) is 14.8. The van der Waals surface area contributed by atoms with Gasteiger partial charge in [-0.2, -0.15) is 4.98 Å². The summed E-state index contributed by atoms with van der Waals surface area (Å²) in [6.07, 6.45) is 16.5. The van der Waals surface area contributed by atoms with Crippen molar-refractivity contribution in [3.63, 3.8) is 0 Å². The van der Waals surface area contributed by atoms with Crippen LogP contribution in [0.25, 0.3) is 0 Å². The fourth-order valence-electron chi connectivity index (χ4n) is 6.28. The second-order valence-electron chi connectivity index (χ2n) is 11.6.